The molecule has 184 valence electrons. The summed E-state index contributed by atoms with van der Waals surface area (Å²) in [4.78, 5) is 33.9. The van der Waals surface area contributed by atoms with Crippen LogP contribution in [0.25, 0.3) is 0 Å². The molecule has 34 heavy (non-hydrogen) atoms. The van der Waals surface area contributed by atoms with E-state index in [0.717, 1.165) is 43.3 Å². The van der Waals surface area contributed by atoms with Gasteiger partial charge in [-0.2, -0.15) is 0 Å². The second-order valence-corrected chi connectivity index (χ2v) is 7.75. The van der Waals surface area contributed by atoms with Crippen molar-refractivity contribution in [3.63, 3.8) is 0 Å². The number of nitrogens with zero attached hydrogens (tertiary/aromatic N) is 3. The maximum absolute atomic E-state index is 11.5. The molecular weight excluding hydrogens is 470 g/mol. The van der Waals surface area contributed by atoms with Crippen LogP contribution < -0.4 is 9.47 Å². The lowest BCUT2D eigenvalue weighted by Crippen LogP contribution is -2.45. The molecule has 2 N–H and O–H groups in total. The summed E-state index contributed by atoms with van der Waals surface area (Å²) in [6.07, 6.45) is 0. The normalized spacial score (nSPS) is 14.0. The van der Waals surface area contributed by atoms with E-state index in [1.165, 1.54) is 20.3 Å². The number of benzene rings is 2. The van der Waals surface area contributed by atoms with Gasteiger partial charge in [-0.25, -0.2) is 9.59 Å². The molecule has 0 unspecified atom stereocenters. The van der Waals surface area contributed by atoms with Crippen LogP contribution in [0.15, 0.2) is 36.4 Å². The van der Waals surface area contributed by atoms with Gasteiger partial charge in [-0.1, -0.05) is 29.8 Å². The third kappa shape index (κ3) is 7.58. The number of methoxy groups -OCH3 is 2. The van der Waals surface area contributed by atoms with Crippen LogP contribution in [0, 0.1) is 10.1 Å². The highest BCUT2D eigenvalue weighted by molar-refractivity contribution is 6.31. The van der Waals surface area contributed by atoms with Crippen molar-refractivity contribution in [2.75, 3.05) is 40.4 Å². The van der Waals surface area contributed by atoms with Gasteiger partial charge in [-0.3, -0.25) is 19.9 Å². The predicted molar refractivity (Wildman–Crippen MR) is 123 cm³/mol. The van der Waals surface area contributed by atoms with E-state index >= 15 is 0 Å². The number of carboxylic acid groups (broad SMARTS) is 2. The van der Waals surface area contributed by atoms with Crippen molar-refractivity contribution in [3.8, 4) is 11.5 Å². The van der Waals surface area contributed by atoms with E-state index in [4.69, 9.17) is 40.9 Å². The van der Waals surface area contributed by atoms with E-state index in [9.17, 15) is 10.1 Å². The fourth-order valence-corrected chi connectivity index (χ4v) is 3.62. The Morgan fingerprint density at radius 1 is 0.941 bits per heavy atom. The second-order valence-electron chi connectivity index (χ2n) is 7.35. The molecule has 1 heterocycles. The molecule has 0 amide bonds. The van der Waals surface area contributed by atoms with E-state index in [1.54, 1.807) is 6.07 Å². The molecule has 0 atom stereocenters. The van der Waals surface area contributed by atoms with E-state index in [0.29, 0.717) is 23.6 Å². The molecular formula is C22H26ClN3O8. The predicted octanol–water partition coefficient (Wildman–Crippen LogP) is 2.74. The highest BCUT2D eigenvalue weighted by atomic mass is 35.5. The number of carbonyl (C=O) groups is 2. The standard InChI is InChI=1S/C20H24ClN3O4.C2H2O4/c1-27-19-11-16(18(24(25)26)12-20(19)28-2)14-23-9-7-22(8-10-23)13-15-5-3-4-6-17(15)21;3-1(4)2(5)6/h3-6,11-12H,7-10,13-14H2,1-2H3;(H,3,4)(H,5,6). The van der Waals surface area contributed by atoms with E-state index in [1.807, 2.05) is 24.3 Å². The zero-order valence-electron chi connectivity index (χ0n) is 18.8. The molecule has 0 spiro atoms. The molecule has 12 heteroatoms. The number of aliphatic carboxylic acids is 2. The van der Waals surface area contributed by atoms with Gasteiger partial charge in [0.1, 0.15) is 0 Å². The van der Waals surface area contributed by atoms with Crippen molar-refractivity contribution in [1.29, 1.82) is 0 Å². The van der Waals surface area contributed by atoms with Crippen LogP contribution in [0.2, 0.25) is 5.02 Å². The molecule has 0 aliphatic carbocycles. The first kappa shape index (κ1) is 26.8. The molecule has 0 aromatic heterocycles. The fraction of sp³-hybridized carbons (Fsp3) is 0.364. The Morgan fingerprint density at radius 3 is 1.85 bits per heavy atom. The van der Waals surface area contributed by atoms with Crippen LogP contribution in [0.4, 0.5) is 5.69 Å². The summed E-state index contributed by atoms with van der Waals surface area (Å²) in [6, 6.07) is 11.0. The molecule has 1 fully saturated rings. The molecule has 1 aliphatic rings. The third-order valence-electron chi connectivity index (χ3n) is 5.18. The van der Waals surface area contributed by atoms with Gasteiger partial charge in [0.15, 0.2) is 11.5 Å². The minimum absolute atomic E-state index is 0.0520. The van der Waals surface area contributed by atoms with E-state index in [-0.39, 0.29) is 10.6 Å². The average molecular weight is 496 g/mol. The van der Waals surface area contributed by atoms with E-state index < -0.39 is 11.9 Å². The van der Waals surface area contributed by atoms with Crippen molar-refractivity contribution in [2.45, 2.75) is 13.1 Å². The number of halogens is 1. The van der Waals surface area contributed by atoms with Crippen molar-refractivity contribution in [1.82, 2.24) is 9.80 Å². The molecule has 2 aromatic carbocycles. The van der Waals surface area contributed by atoms with Gasteiger partial charge in [0.2, 0.25) is 0 Å². The Bertz CT molecular complexity index is 1010. The van der Waals surface area contributed by atoms with Crippen LogP contribution in [0.5, 0.6) is 11.5 Å². The Labute approximate surface area is 201 Å². The van der Waals surface area contributed by atoms with Gasteiger partial charge < -0.3 is 19.7 Å². The summed E-state index contributed by atoms with van der Waals surface area (Å²) in [5.74, 6) is -2.78. The van der Waals surface area contributed by atoms with Gasteiger partial charge in [-0.15, -0.1) is 0 Å². The van der Waals surface area contributed by atoms with Crippen LogP contribution in [-0.2, 0) is 22.7 Å². The zero-order chi connectivity index (χ0) is 25.3. The number of carboxylic acids is 2. The molecule has 0 bridgehead atoms. The van der Waals surface area contributed by atoms with E-state index in [2.05, 4.69) is 9.80 Å². The Kier molecular flexibility index (Phi) is 10.0. The summed E-state index contributed by atoms with van der Waals surface area (Å²) in [5.41, 5.74) is 1.80. The zero-order valence-corrected chi connectivity index (χ0v) is 19.5. The SMILES string of the molecule is COc1cc(CN2CCN(Cc3ccccc3Cl)CC2)c([N+](=O)[O-])cc1OC.O=C(O)C(=O)O. The number of piperazine rings is 1. The van der Waals surface area contributed by atoms with Crippen molar-refractivity contribution < 1.29 is 34.2 Å². The molecule has 2 aromatic rings. The van der Waals surface area contributed by atoms with Crippen LogP contribution in [0.3, 0.4) is 0 Å². The maximum atomic E-state index is 11.5. The minimum Gasteiger partial charge on any atom is -0.493 e. The van der Waals surface area contributed by atoms with Gasteiger partial charge >= 0.3 is 11.9 Å². The summed E-state index contributed by atoms with van der Waals surface area (Å²) in [7, 11) is 3.00. The summed E-state index contributed by atoms with van der Waals surface area (Å²) >= 11 is 6.26. The van der Waals surface area contributed by atoms with Gasteiger partial charge in [-0.05, 0) is 17.7 Å². The first-order chi connectivity index (χ1) is 16.2. The first-order valence-electron chi connectivity index (χ1n) is 10.2. The Balaban J connectivity index is 0.000000604. The van der Waals surface area contributed by atoms with Gasteiger partial charge in [0, 0.05) is 49.9 Å². The lowest BCUT2D eigenvalue weighted by atomic mass is 10.1. The lowest BCUT2D eigenvalue weighted by Gasteiger charge is -2.34. The van der Waals surface area contributed by atoms with Gasteiger partial charge in [0.25, 0.3) is 5.69 Å². The number of hydrogen-bond acceptors (Lipinski definition) is 8. The number of ether oxygens (including phenoxy) is 2. The lowest BCUT2D eigenvalue weighted by molar-refractivity contribution is -0.385. The smallest absolute Gasteiger partial charge is 0.414 e. The van der Waals surface area contributed by atoms with Crippen molar-refractivity contribution in [2.24, 2.45) is 0 Å². The summed E-state index contributed by atoms with van der Waals surface area (Å²) in [5, 5.41) is 27.1. The highest BCUT2D eigenvalue weighted by Crippen LogP contribution is 2.35. The monoisotopic (exact) mass is 495 g/mol. The summed E-state index contributed by atoms with van der Waals surface area (Å²) in [6.45, 7) is 4.73. The number of rotatable bonds is 7. The molecule has 1 saturated heterocycles. The number of nitro benzene ring substituents is 1. The number of nitro groups is 1. The topological polar surface area (TPSA) is 143 Å². The molecule has 11 nitrogen and oxygen atoms in total. The van der Waals surface area contributed by atoms with Crippen LogP contribution in [-0.4, -0.2) is 77.3 Å². The second kappa shape index (κ2) is 12.7. The Morgan fingerprint density at radius 2 is 1.41 bits per heavy atom. The first-order valence-corrected chi connectivity index (χ1v) is 10.6. The molecule has 0 saturated carbocycles. The van der Waals surface area contributed by atoms with Crippen molar-refractivity contribution >= 4 is 29.2 Å². The summed E-state index contributed by atoms with van der Waals surface area (Å²) < 4.78 is 10.5. The molecule has 0 radical (unpaired) electrons. The number of hydrogen-bond donors (Lipinski definition) is 2. The molecule has 1 aliphatic heterocycles. The third-order valence-corrected chi connectivity index (χ3v) is 5.54. The highest BCUT2D eigenvalue weighted by Gasteiger charge is 2.24. The minimum atomic E-state index is -1.82. The Hall–Kier alpha value is -3.41. The average Bonchev–Trinajstić information content (AvgIpc) is 2.81. The maximum Gasteiger partial charge on any atom is 0.414 e. The fourth-order valence-electron chi connectivity index (χ4n) is 3.42. The van der Waals surface area contributed by atoms with Crippen LogP contribution >= 0.6 is 11.6 Å². The largest absolute Gasteiger partial charge is 0.493 e. The van der Waals surface area contributed by atoms with Gasteiger partial charge in [0.05, 0.1) is 25.2 Å². The quantitative estimate of drug-likeness (QED) is 0.334. The van der Waals surface area contributed by atoms with Crippen LogP contribution in [0.1, 0.15) is 11.1 Å². The van der Waals surface area contributed by atoms with Crippen molar-refractivity contribution in [3.05, 3.63) is 62.7 Å². The molecule has 3 rings (SSSR count).